The molecule has 0 aromatic carbocycles. The Morgan fingerprint density at radius 3 is 1.16 bits per heavy atom. The molecular weight excluding hydrogens is 1190 g/mol. The Hall–Kier alpha value is -2.51. The van der Waals surface area contributed by atoms with Crippen LogP contribution in [0, 0.1) is 0 Å². The Bertz CT molecular complexity index is 1920. The molecule has 19 heteroatoms. The minimum atomic E-state index is -1.98. The summed E-state index contributed by atoms with van der Waals surface area (Å²) in [5, 5.41) is 121. The number of hydrogen-bond donors (Lipinski definition) is 12. The third-order valence-electron chi connectivity index (χ3n) is 18.3. The fraction of sp³-hybridized carbons (Fsp3) is 0.851. The number of unbranched alkanes of at least 4 members (excludes halogenated alkanes) is 33. The summed E-state index contributed by atoms with van der Waals surface area (Å²) in [5.74, 6) is -0.274. The average Bonchev–Trinajstić information content (AvgIpc) is 1.00. The summed E-state index contributed by atoms with van der Waals surface area (Å²) in [6, 6.07) is -0.975. The van der Waals surface area contributed by atoms with Crippen molar-refractivity contribution in [2.45, 2.75) is 375 Å². The molecule has 3 rings (SSSR count). The summed E-state index contributed by atoms with van der Waals surface area (Å²) in [6.45, 7) is 1.65. The number of rotatable bonds is 57. The maximum Gasteiger partial charge on any atom is 0.220 e. The van der Waals surface area contributed by atoms with Crippen molar-refractivity contribution in [3.8, 4) is 0 Å². The van der Waals surface area contributed by atoms with Gasteiger partial charge in [0, 0.05) is 6.42 Å². The molecule has 542 valence electrons. The number of aliphatic hydroxyl groups excluding tert-OH is 11. The molecule has 0 saturated carbocycles. The molecule has 0 bridgehead atoms. The topological polar surface area (TPSA) is 307 Å². The van der Waals surface area contributed by atoms with Crippen molar-refractivity contribution in [3.05, 3.63) is 60.8 Å². The Morgan fingerprint density at radius 2 is 0.742 bits per heavy atom. The van der Waals surface area contributed by atoms with Crippen LogP contribution in [-0.4, -0.2) is 193 Å². The van der Waals surface area contributed by atoms with Crippen molar-refractivity contribution in [1.29, 1.82) is 0 Å². The van der Waals surface area contributed by atoms with E-state index in [9.17, 15) is 61.0 Å². The number of allylic oxidation sites excluding steroid dienone is 9. The molecule has 3 fully saturated rings. The number of hydrogen-bond acceptors (Lipinski definition) is 18. The number of carbonyl (C=O) groups excluding carboxylic acids is 1. The first-order valence-electron chi connectivity index (χ1n) is 37.0. The molecule has 3 aliphatic rings. The molecule has 19 nitrogen and oxygen atoms in total. The minimum Gasteiger partial charge on any atom is -0.394 e. The van der Waals surface area contributed by atoms with Crippen LogP contribution in [0.4, 0.5) is 0 Å². The molecule has 3 heterocycles. The predicted molar refractivity (Wildman–Crippen MR) is 365 cm³/mol. The van der Waals surface area contributed by atoms with Gasteiger partial charge < -0.3 is 89.9 Å². The summed E-state index contributed by atoms with van der Waals surface area (Å²) >= 11 is 0. The van der Waals surface area contributed by atoms with E-state index in [1.807, 2.05) is 6.08 Å². The van der Waals surface area contributed by atoms with Crippen LogP contribution >= 0.6 is 0 Å². The fourth-order valence-electron chi connectivity index (χ4n) is 12.4. The number of amides is 1. The van der Waals surface area contributed by atoms with Crippen molar-refractivity contribution in [2.75, 3.05) is 26.4 Å². The van der Waals surface area contributed by atoms with Crippen molar-refractivity contribution < 1.29 is 89.4 Å². The average molecular weight is 1320 g/mol. The summed E-state index contributed by atoms with van der Waals surface area (Å²) in [6.07, 6.45) is 41.9. The molecule has 3 aliphatic heterocycles. The van der Waals surface area contributed by atoms with Crippen LogP contribution in [0.15, 0.2) is 60.8 Å². The lowest BCUT2D eigenvalue weighted by Gasteiger charge is -2.48. The molecule has 12 N–H and O–H groups in total. The largest absolute Gasteiger partial charge is 0.394 e. The van der Waals surface area contributed by atoms with E-state index in [-0.39, 0.29) is 18.9 Å². The van der Waals surface area contributed by atoms with Crippen LogP contribution in [0.1, 0.15) is 271 Å². The normalized spacial score (nSPS) is 27.9. The van der Waals surface area contributed by atoms with Crippen molar-refractivity contribution in [2.24, 2.45) is 0 Å². The highest BCUT2D eigenvalue weighted by molar-refractivity contribution is 5.76. The van der Waals surface area contributed by atoms with Crippen LogP contribution in [0.5, 0.6) is 0 Å². The Kier molecular flexibility index (Phi) is 50.4. The van der Waals surface area contributed by atoms with E-state index < -0.39 is 124 Å². The monoisotopic (exact) mass is 1320 g/mol. The third-order valence-corrected chi connectivity index (χ3v) is 18.3. The molecule has 0 aromatic heterocycles. The van der Waals surface area contributed by atoms with E-state index in [2.05, 4.69) is 67.8 Å². The summed E-state index contributed by atoms with van der Waals surface area (Å²) in [7, 11) is 0. The van der Waals surface area contributed by atoms with E-state index in [1.54, 1.807) is 6.08 Å². The smallest absolute Gasteiger partial charge is 0.220 e. The lowest BCUT2D eigenvalue weighted by atomic mass is 9.96. The van der Waals surface area contributed by atoms with Gasteiger partial charge in [-0.3, -0.25) is 4.79 Å². The van der Waals surface area contributed by atoms with E-state index >= 15 is 0 Å². The molecule has 3 saturated heterocycles. The van der Waals surface area contributed by atoms with E-state index in [1.165, 1.54) is 173 Å². The standard InChI is InChI=1S/C74H133NO18/c1-3-5-7-9-11-13-15-17-19-21-23-24-25-26-27-28-29-30-31-32-34-36-38-40-42-44-46-48-50-52-62(80)75-57(58(79)51-49-47-45-43-41-39-37-35-33-22-20-18-16-14-12-10-8-6-4-2)56-88-72-68(86)65(83)70(60(54-77)90-72)93-74-69(87)66(84)71(61(55-78)91-74)92-73-67(85)64(82)63(81)59(53-76)89-73/h5,7,11,13,17,19,23-24,49,51,57-61,63-74,76-79,81-87H,3-4,6,8-10,12,14-16,18,20-22,25-48,50,52-56H2,1-2H3,(H,75,80)/b7-5-,13-11-,19-17-,24-23-,51-49+. The van der Waals surface area contributed by atoms with E-state index in [0.717, 1.165) is 70.6 Å². The first-order valence-corrected chi connectivity index (χ1v) is 37.0. The second-order valence-corrected chi connectivity index (χ2v) is 26.4. The van der Waals surface area contributed by atoms with Crippen LogP contribution < -0.4 is 5.32 Å². The Labute approximate surface area is 560 Å². The molecule has 0 radical (unpaired) electrons. The van der Waals surface area contributed by atoms with Gasteiger partial charge in [0.15, 0.2) is 18.9 Å². The highest BCUT2D eigenvalue weighted by Crippen LogP contribution is 2.33. The molecule has 1 amide bonds. The van der Waals surface area contributed by atoms with E-state index in [4.69, 9.17) is 28.4 Å². The number of aliphatic hydroxyl groups is 11. The van der Waals surface area contributed by atoms with Gasteiger partial charge in [-0.15, -0.1) is 0 Å². The predicted octanol–water partition coefficient (Wildman–Crippen LogP) is 10.7. The summed E-state index contributed by atoms with van der Waals surface area (Å²) in [5.41, 5.74) is 0. The van der Waals surface area contributed by atoms with Gasteiger partial charge in [-0.1, -0.05) is 267 Å². The minimum absolute atomic E-state index is 0.243. The molecule has 0 aliphatic carbocycles. The van der Waals surface area contributed by atoms with Crippen molar-refractivity contribution in [1.82, 2.24) is 5.32 Å². The zero-order chi connectivity index (χ0) is 67.5. The SMILES string of the molecule is CC/C=C\C/C=C\C/C=C\C/C=C\CCCCCCCCCCCCCCCCCCC(=O)NC(COC1OC(CO)C(OC2OC(CO)C(OC3OC(CO)C(O)C(O)C3O)C(O)C2O)C(O)C1O)C(O)/C=C/CCCCCCCCCCCCCCCCCCC. The van der Waals surface area contributed by atoms with Gasteiger partial charge in [0.05, 0.1) is 38.6 Å². The number of ether oxygens (including phenoxy) is 6. The van der Waals surface area contributed by atoms with Gasteiger partial charge >= 0.3 is 0 Å². The summed E-state index contributed by atoms with van der Waals surface area (Å²) < 4.78 is 34.4. The van der Waals surface area contributed by atoms with Crippen molar-refractivity contribution >= 4 is 5.91 Å². The van der Waals surface area contributed by atoms with Crippen LogP contribution in [0.25, 0.3) is 0 Å². The molecule has 17 atom stereocenters. The molecule has 0 spiro atoms. The lowest BCUT2D eigenvalue weighted by Crippen LogP contribution is -2.66. The number of carbonyl (C=O) groups is 1. The maximum absolute atomic E-state index is 13.4. The molecular formula is C74H133NO18. The molecule has 17 unspecified atom stereocenters. The van der Waals surface area contributed by atoms with Crippen LogP contribution in [-0.2, 0) is 33.2 Å². The van der Waals surface area contributed by atoms with Gasteiger partial charge in [0.2, 0.25) is 5.91 Å². The zero-order valence-electron chi connectivity index (χ0n) is 57.5. The first kappa shape index (κ1) is 84.7. The third kappa shape index (κ3) is 36.8. The fourth-order valence-corrected chi connectivity index (χ4v) is 12.4. The van der Waals surface area contributed by atoms with Gasteiger partial charge in [0.1, 0.15) is 73.2 Å². The second kappa shape index (κ2) is 55.4. The van der Waals surface area contributed by atoms with Gasteiger partial charge in [0.25, 0.3) is 0 Å². The van der Waals surface area contributed by atoms with Gasteiger partial charge in [-0.2, -0.15) is 0 Å². The lowest BCUT2D eigenvalue weighted by molar-refractivity contribution is -0.379. The van der Waals surface area contributed by atoms with Gasteiger partial charge in [-0.25, -0.2) is 0 Å². The molecule has 93 heavy (non-hydrogen) atoms. The first-order chi connectivity index (χ1) is 45.3. The zero-order valence-corrected chi connectivity index (χ0v) is 57.5. The highest BCUT2D eigenvalue weighted by atomic mass is 16.8. The highest BCUT2D eigenvalue weighted by Gasteiger charge is 2.53. The molecule has 0 aromatic rings. The van der Waals surface area contributed by atoms with Crippen LogP contribution in [0.3, 0.4) is 0 Å². The van der Waals surface area contributed by atoms with Crippen LogP contribution in [0.2, 0.25) is 0 Å². The summed E-state index contributed by atoms with van der Waals surface area (Å²) in [4.78, 5) is 13.4. The Morgan fingerprint density at radius 1 is 0.398 bits per heavy atom. The Balaban J connectivity index is 1.40. The quantitative estimate of drug-likeness (QED) is 0.0199. The van der Waals surface area contributed by atoms with Crippen molar-refractivity contribution in [3.63, 3.8) is 0 Å². The van der Waals surface area contributed by atoms with Gasteiger partial charge in [-0.05, 0) is 57.8 Å². The number of nitrogens with one attached hydrogen (secondary N) is 1. The van der Waals surface area contributed by atoms with E-state index in [0.29, 0.717) is 6.42 Å². The second-order valence-electron chi connectivity index (χ2n) is 26.4. The maximum atomic E-state index is 13.4.